The molecule has 5 heteroatoms. The molecule has 1 saturated heterocycles. The molecule has 1 aliphatic rings. The Balaban J connectivity index is 1.96. The van der Waals surface area contributed by atoms with Gasteiger partial charge >= 0.3 is 0 Å². The van der Waals surface area contributed by atoms with Crippen LogP contribution < -0.4 is 5.32 Å². The van der Waals surface area contributed by atoms with Crippen LogP contribution in [-0.4, -0.2) is 73.7 Å². The maximum absolute atomic E-state index is 11.8. The largest absolute Gasteiger partial charge is 0.376 e. The Morgan fingerprint density at radius 3 is 2.12 bits per heavy atom. The number of hydrogen-bond acceptors (Lipinski definition) is 4. The first-order valence-electron chi connectivity index (χ1n) is 9.76. The number of carbonyl (C=O) groups excluding carboxylic acids is 1. The molecular weight excluding hydrogens is 302 g/mol. The third kappa shape index (κ3) is 11.0. The number of nitrogens with zero attached hydrogens (tertiary/aromatic N) is 2. The van der Waals surface area contributed by atoms with Crippen molar-refractivity contribution in [3.63, 3.8) is 0 Å². The molecule has 0 spiro atoms. The number of piperazine rings is 1. The van der Waals surface area contributed by atoms with Gasteiger partial charge in [0.25, 0.3) is 0 Å². The topological polar surface area (TPSA) is 44.8 Å². The van der Waals surface area contributed by atoms with E-state index in [2.05, 4.69) is 42.8 Å². The molecule has 1 amide bonds. The smallest absolute Gasteiger partial charge is 0.220 e. The second kappa shape index (κ2) is 11.8. The molecule has 1 rings (SSSR count). The number of unbranched alkanes of at least 4 members (excludes halogenated alkanes) is 1. The zero-order valence-corrected chi connectivity index (χ0v) is 16.4. The molecule has 0 aromatic rings. The predicted octanol–water partition coefficient (Wildman–Crippen LogP) is 2.51. The summed E-state index contributed by atoms with van der Waals surface area (Å²) in [7, 11) is 0. The lowest BCUT2D eigenvalue weighted by Crippen LogP contribution is -2.46. The molecule has 0 bridgehead atoms. The molecule has 0 aromatic carbocycles. The van der Waals surface area contributed by atoms with Gasteiger partial charge in [-0.2, -0.15) is 0 Å². The Morgan fingerprint density at radius 2 is 1.58 bits per heavy atom. The van der Waals surface area contributed by atoms with E-state index in [0.717, 1.165) is 32.5 Å². The second-order valence-corrected chi connectivity index (χ2v) is 7.80. The predicted molar refractivity (Wildman–Crippen MR) is 100 cm³/mol. The van der Waals surface area contributed by atoms with Crippen molar-refractivity contribution < 1.29 is 9.53 Å². The zero-order chi connectivity index (χ0) is 17.8. The van der Waals surface area contributed by atoms with E-state index in [4.69, 9.17) is 4.74 Å². The van der Waals surface area contributed by atoms with Crippen LogP contribution in [0.3, 0.4) is 0 Å². The molecule has 0 aromatic heterocycles. The summed E-state index contributed by atoms with van der Waals surface area (Å²) in [5, 5.41) is 2.99. The molecule has 0 aliphatic carbocycles. The molecule has 0 atom stereocenters. The third-order valence-electron chi connectivity index (χ3n) is 4.35. The third-order valence-corrected chi connectivity index (χ3v) is 4.35. The average Bonchev–Trinajstić information content (AvgIpc) is 2.52. The van der Waals surface area contributed by atoms with Crippen molar-refractivity contribution in [3.8, 4) is 0 Å². The highest BCUT2D eigenvalue weighted by molar-refractivity contribution is 5.75. The molecule has 1 aliphatic heterocycles. The van der Waals surface area contributed by atoms with E-state index in [9.17, 15) is 4.79 Å². The number of amides is 1. The van der Waals surface area contributed by atoms with E-state index in [1.54, 1.807) is 0 Å². The summed E-state index contributed by atoms with van der Waals surface area (Å²) >= 11 is 0. The van der Waals surface area contributed by atoms with Gasteiger partial charge in [0.05, 0.1) is 5.60 Å². The normalized spacial score (nSPS) is 17.2. The van der Waals surface area contributed by atoms with E-state index in [0.29, 0.717) is 19.6 Å². The van der Waals surface area contributed by atoms with Crippen LogP contribution >= 0.6 is 0 Å². The van der Waals surface area contributed by atoms with Gasteiger partial charge in [0.15, 0.2) is 0 Å². The van der Waals surface area contributed by atoms with Crippen LogP contribution in [0.5, 0.6) is 0 Å². The molecule has 0 radical (unpaired) electrons. The Kier molecular flexibility index (Phi) is 10.5. The first kappa shape index (κ1) is 21.4. The van der Waals surface area contributed by atoms with E-state index in [1.807, 2.05) is 0 Å². The summed E-state index contributed by atoms with van der Waals surface area (Å²) < 4.78 is 5.64. The van der Waals surface area contributed by atoms with Gasteiger partial charge in [-0.3, -0.25) is 4.79 Å². The standard InChI is InChI=1S/C19H39N3O2/c1-5-6-11-21-13-15-22(16-14-21)12-7-9-18(23)20-10-8-17-24-19(2,3)4/h5-17H2,1-4H3,(H,20,23). The lowest BCUT2D eigenvalue weighted by atomic mass is 10.2. The summed E-state index contributed by atoms with van der Waals surface area (Å²) in [6.07, 6.45) is 5.05. The lowest BCUT2D eigenvalue weighted by Gasteiger charge is -2.34. The lowest BCUT2D eigenvalue weighted by molar-refractivity contribution is -0.121. The van der Waals surface area contributed by atoms with E-state index in [1.165, 1.54) is 32.5 Å². The highest BCUT2D eigenvalue weighted by atomic mass is 16.5. The van der Waals surface area contributed by atoms with Gasteiger partial charge in [-0.25, -0.2) is 0 Å². The molecule has 0 saturated carbocycles. The van der Waals surface area contributed by atoms with Gasteiger partial charge < -0.3 is 19.9 Å². The maximum Gasteiger partial charge on any atom is 0.220 e. The molecule has 24 heavy (non-hydrogen) atoms. The molecule has 1 heterocycles. The van der Waals surface area contributed by atoms with Crippen molar-refractivity contribution >= 4 is 5.91 Å². The summed E-state index contributed by atoms with van der Waals surface area (Å²) in [5.41, 5.74) is -0.0927. The number of carbonyl (C=O) groups is 1. The summed E-state index contributed by atoms with van der Waals surface area (Å²) in [6, 6.07) is 0. The highest BCUT2D eigenvalue weighted by Gasteiger charge is 2.16. The molecule has 0 unspecified atom stereocenters. The van der Waals surface area contributed by atoms with E-state index in [-0.39, 0.29) is 11.5 Å². The van der Waals surface area contributed by atoms with Gasteiger partial charge in [0.1, 0.15) is 0 Å². The Bertz CT molecular complexity index is 334. The molecular formula is C19H39N3O2. The van der Waals surface area contributed by atoms with Crippen molar-refractivity contribution in [2.45, 2.75) is 65.4 Å². The molecule has 5 nitrogen and oxygen atoms in total. The van der Waals surface area contributed by atoms with Crippen LogP contribution in [0.4, 0.5) is 0 Å². The minimum atomic E-state index is -0.0927. The van der Waals surface area contributed by atoms with Crippen molar-refractivity contribution in [2.24, 2.45) is 0 Å². The number of ether oxygens (including phenoxy) is 1. The first-order chi connectivity index (χ1) is 11.4. The fraction of sp³-hybridized carbons (Fsp3) is 0.947. The number of rotatable bonds is 11. The Morgan fingerprint density at radius 1 is 1.00 bits per heavy atom. The van der Waals surface area contributed by atoms with E-state index >= 15 is 0 Å². The van der Waals surface area contributed by atoms with Crippen LogP contribution in [0.1, 0.15) is 59.8 Å². The fourth-order valence-corrected chi connectivity index (χ4v) is 2.85. The van der Waals surface area contributed by atoms with Gasteiger partial charge in [-0.1, -0.05) is 13.3 Å². The summed E-state index contributed by atoms with van der Waals surface area (Å²) in [6.45, 7) is 16.8. The average molecular weight is 342 g/mol. The van der Waals surface area contributed by atoms with Gasteiger partial charge in [-0.15, -0.1) is 0 Å². The highest BCUT2D eigenvalue weighted by Crippen LogP contribution is 2.07. The molecule has 142 valence electrons. The fourth-order valence-electron chi connectivity index (χ4n) is 2.85. The minimum Gasteiger partial charge on any atom is -0.376 e. The first-order valence-corrected chi connectivity index (χ1v) is 9.76. The second-order valence-electron chi connectivity index (χ2n) is 7.80. The van der Waals surface area contributed by atoms with Gasteiger partial charge in [0, 0.05) is 45.8 Å². The monoisotopic (exact) mass is 341 g/mol. The maximum atomic E-state index is 11.8. The van der Waals surface area contributed by atoms with Crippen LogP contribution in [0.2, 0.25) is 0 Å². The number of nitrogens with one attached hydrogen (secondary N) is 1. The van der Waals surface area contributed by atoms with Crippen molar-refractivity contribution in [1.82, 2.24) is 15.1 Å². The zero-order valence-electron chi connectivity index (χ0n) is 16.4. The molecule has 1 N–H and O–H groups in total. The number of hydrogen-bond donors (Lipinski definition) is 1. The quantitative estimate of drug-likeness (QED) is 0.587. The van der Waals surface area contributed by atoms with Crippen LogP contribution in [0.15, 0.2) is 0 Å². The SMILES string of the molecule is CCCCN1CCN(CCCC(=O)NCCCOC(C)(C)C)CC1. The van der Waals surface area contributed by atoms with Crippen LogP contribution in [0, 0.1) is 0 Å². The molecule has 1 fully saturated rings. The van der Waals surface area contributed by atoms with Crippen LogP contribution in [-0.2, 0) is 9.53 Å². The minimum absolute atomic E-state index is 0.0927. The van der Waals surface area contributed by atoms with Crippen LogP contribution in [0.25, 0.3) is 0 Å². The van der Waals surface area contributed by atoms with Crippen molar-refractivity contribution in [3.05, 3.63) is 0 Å². The van der Waals surface area contributed by atoms with Crippen molar-refractivity contribution in [1.29, 1.82) is 0 Å². The summed E-state index contributed by atoms with van der Waals surface area (Å²) in [5.74, 6) is 0.173. The van der Waals surface area contributed by atoms with E-state index < -0.39 is 0 Å². The van der Waals surface area contributed by atoms with Crippen molar-refractivity contribution in [2.75, 3.05) is 52.4 Å². The van der Waals surface area contributed by atoms with Gasteiger partial charge in [0.2, 0.25) is 5.91 Å². The summed E-state index contributed by atoms with van der Waals surface area (Å²) in [4.78, 5) is 16.9. The Hall–Kier alpha value is -0.650. The van der Waals surface area contributed by atoms with Gasteiger partial charge in [-0.05, 0) is 53.1 Å². The Labute approximate surface area is 149 Å².